The van der Waals surface area contributed by atoms with Crippen molar-refractivity contribution in [3.63, 3.8) is 0 Å². The highest BCUT2D eigenvalue weighted by molar-refractivity contribution is 7.89. The number of nitrogens with one attached hydrogen (secondary N) is 1. The van der Waals surface area contributed by atoms with Crippen LogP contribution in [0.4, 0.5) is 14.5 Å². The van der Waals surface area contributed by atoms with Gasteiger partial charge in [-0.25, -0.2) is 21.9 Å². The monoisotopic (exact) mass is 312 g/mol. The molecule has 0 aliphatic rings. The van der Waals surface area contributed by atoms with Gasteiger partial charge in [0.1, 0.15) is 16.4 Å². The van der Waals surface area contributed by atoms with Crippen LogP contribution < -0.4 is 10.5 Å². The van der Waals surface area contributed by atoms with Crippen molar-refractivity contribution in [1.82, 2.24) is 4.72 Å². The van der Waals surface area contributed by atoms with Crippen LogP contribution in [0.15, 0.2) is 17.0 Å². The molecule has 1 rings (SSSR count). The molecule has 2 atom stereocenters. The molecule has 9 heteroatoms. The lowest BCUT2D eigenvalue weighted by Gasteiger charge is -2.12. The molecule has 2 unspecified atom stereocenters. The van der Waals surface area contributed by atoms with Crippen LogP contribution in [0.1, 0.15) is 6.92 Å². The first-order valence-electron chi connectivity index (χ1n) is 5.22. The molecule has 0 radical (unpaired) electrons. The maximum absolute atomic E-state index is 13.6. The number of halogens is 2. The minimum atomic E-state index is -4.16. The van der Waals surface area contributed by atoms with Crippen LogP contribution in [0.2, 0.25) is 0 Å². The largest absolute Gasteiger partial charge is 0.394 e. The summed E-state index contributed by atoms with van der Waals surface area (Å²) in [4.78, 5) is -0.736. The van der Waals surface area contributed by atoms with E-state index < -0.39 is 48.3 Å². The summed E-state index contributed by atoms with van der Waals surface area (Å²) in [5.41, 5.74) is 4.24. The third-order valence-corrected chi connectivity index (χ3v) is 5.25. The molecule has 0 saturated carbocycles. The van der Waals surface area contributed by atoms with Crippen molar-refractivity contribution in [3.8, 4) is 0 Å². The van der Waals surface area contributed by atoms with E-state index >= 15 is 0 Å². The Morgan fingerprint density at radius 1 is 1.42 bits per heavy atom. The van der Waals surface area contributed by atoms with E-state index in [-0.39, 0.29) is 6.54 Å². The minimum absolute atomic E-state index is 0.123. The zero-order chi connectivity index (χ0) is 14.8. The van der Waals surface area contributed by atoms with Gasteiger partial charge in [0.15, 0.2) is 5.82 Å². The van der Waals surface area contributed by atoms with Crippen molar-refractivity contribution in [3.05, 3.63) is 23.8 Å². The fourth-order valence-corrected chi connectivity index (χ4v) is 2.82. The third kappa shape index (κ3) is 3.71. The van der Waals surface area contributed by atoms with Gasteiger partial charge in [0.2, 0.25) is 10.0 Å². The van der Waals surface area contributed by atoms with Gasteiger partial charge in [-0.3, -0.25) is 4.21 Å². The Labute approximate surface area is 112 Å². The van der Waals surface area contributed by atoms with Crippen molar-refractivity contribution >= 4 is 26.5 Å². The Bertz CT molecular complexity index is 605. The zero-order valence-corrected chi connectivity index (χ0v) is 11.9. The van der Waals surface area contributed by atoms with Gasteiger partial charge in [0, 0.05) is 28.9 Å². The highest BCUT2D eigenvalue weighted by atomic mass is 32.2. The second-order valence-corrected chi connectivity index (χ2v) is 7.47. The van der Waals surface area contributed by atoms with Gasteiger partial charge in [-0.1, -0.05) is 0 Å². The van der Waals surface area contributed by atoms with Crippen molar-refractivity contribution in [2.75, 3.05) is 18.5 Å². The van der Waals surface area contributed by atoms with E-state index in [1.54, 1.807) is 6.92 Å². The minimum Gasteiger partial charge on any atom is -0.394 e. The molecular weight excluding hydrogens is 298 g/mol. The molecule has 0 amide bonds. The Hall–Kier alpha value is -1.06. The molecule has 0 bridgehead atoms. The lowest BCUT2D eigenvalue weighted by Crippen LogP contribution is -2.33. The highest BCUT2D eigenvalue weighted by Gasteiger charge is 2.23. The molecule has 0 aliphatic heterocycles. The number of nitrogens with two attached hydrogens (primary N) is 1. The number of anilines is 1. The smallest absolute Gasteiger partial charge is 0.243 e. The van der Waals surface area contributed by atoms with Gasteiger partial charge in [0.25, 0.3) is 0 Å². The van der Waals surface area contributed by atoms with Gasteiger partial charge in [-0.15, -0.1) is 0 Å². The lowest BCUT2D eigenvalue weighted by molar-refractivity contribution is 0.548. The molecule has 3 N–H and O–H groups in total. The van der Waals surface area contributed by atoms with E-state index in [2.05, 4.69) is 4.72 Å². The molecular formula is C10H14F2N2O3S2. The maximum Gasteiger partial charge on any atom is 0.243 e. The molecule has 1 aromatic carbocycles. The molecule has 19 heavy (non-hydrogen) atoms. The second kappa shape index (κ2) is 5.93. The summed E-state index contributed by atoms with van der Waals surface area (Å²) in [7, 11) is -5.39. The Morgan fingerprint density at radius 2 is 2.00 bits per heavy atom. The van der Waals surface area contributed by atoms with E-state index in [4.69, 9.17) is 5.73 Å². The van der Waals surface area contributed by atoms with E-state index in [1.807, 2.05) is 0 Å². The average molecular weight is 312 g/mol. The lowest BCUT2D eigenvalue weighted by atomic mass is 10.3. The van der Waals surface area contributed by atoms with Crippen molar-refractivity contribution in [1.29, 1.82) is 0 Å². The molecule has 0 aliphatic carbocycles. The van der Waals surface area contributed by atoms with Gasteiger partial charge in [-0.05, 0) is 19.1 Å². The molecule has 0 fully saturated rings. The Kier molecular flexibility index (Phi) is 4.99. The molecule has 5 nitrogen and oxygen atoms in total. The van der Waals surface area contributed by atoms with Gasteiger partial charge >= 0.3 is 0 Å². The molecule has 1 aromatic rings. The van der Waals surface area contributed by atoms with E-state index in [0.29, 0.717) is 0 Å². The number of hydrogen-bond donors (Lipinski definition) is 2. The van der Waals surface area contributed by atoms with Gasteiger partial charge in [-0.2, -0.15) is 0 Å². The van der Waals surface area contributed by atoms with Crippen LogP contribution in [0, 0.1) is 11.6 Å². The fraction of sp³-hybridized carbons (Fsp3) is 0.400. The summed E-state index contributed by atoms with van der Waals surface area (Å²) < 4.78 is 63.4. The third-order valence-electron chi connectivity index (χ3n) is 2.51. The number of nitrogen functional groups attached to an aromatic ring is 1. The van der Waals surface area contributed by atoms with Crippen LogP contribution in [0.3, 0.4) is 0 Å². The predicted molar refractivity (Wildman–Crippen MR) is 69.5 cm³/mol. The maximum atomic E-state index is 13.6. The van der Waals surface area contributed by atoms with Crippen molar-refractivity contribution < 1.29 is 21.4 Å². The van der Waals surface area contributed by atoms with Gasteiger partial charge in [0.05, 0.1) is 0 Å². The summed E-state index contributed by atoms with van der Waals surface area (Å²) >= 11 is 0. The highest BCUT2D eigenvalue weighted by Crippen LogP contribution is 2.22. The number of benzene rings is 1. The SMILES string of the molecule is CC(CNS(=O)(=O)c1ccc(F)c(N)c1F)S(C)=O. The summed E-state index contributed by atoms with van der Waals surface area (Å²) in [6.07, 6.45) is 1.43. The van der Waals surface area contributed by atoms with Crippen LogP contribution in [-0.2, 0) is 20.8 Å². The first-order chi connectivity index (χ1) is 8.66. The fourth-order valence-electron chi connectivity index (χ4n) is 1.18. The topological polar surface area (TPSA) is 89.3 Å². The van der Waals surface area contributed by atoms with Crippen molar-refractivity contribution in [2.45, 2.75) is 17.1 Å². The average Bonchev–Trinajstić information content (AvgIpc) is 2.32. The van der Waals surface area contributed by atoms with Gasteiger partial charge < -0.3 is 5.73 Å². The van der Waals surface area contributed by atoms with E-state index in [9.17, 15) is 21.4 Å². The van der Waals surface area contributed by atoms with Crippen LogP contribution in [0.5, 0.6) is 0 Å². The number of rotatable bonds is 5. The first-order valence-corrected chi connectivity index (χ1v) is 8.32. The number of sulfonamides is 1. The first kappa shape index (κ1) is 16.0. The van der Waals surface area contributed by atoms with E-state index in [0.717, 1.165) is 12.1 Å². The Morgan fingerprint density at radius 3 is 2.53 bits per heavy atom. The summed E-state index contributed by atoms with van der Waals surface area (Å²) in [6.45, 7) is 1.45. The molecule has 0 spiro atoms. The molecule has 0 heterocycles. The molecule has 0 saturated heterocycles. The van der Waals surface area contributed by atoms with E-state index in [1.165, 1.54) is 6.26 Å². The van der Waals surface area contributed by atoms with Crippen LogP contribution >= 0.6 is 0 Å². The van der Waals surface area contributed by atoms with Crippen LogP contribution in [-0.4, -0.2) is 30.7 Å². The summed E-state index contributed by atoms with van der Waals surface area (Å²) in [6, 6.07) is 1.56. The van der Waals surface area contributed by atoms with Crippen LogP contribution in [0.25, 0.3) is 0 Å². The summed E-state index contributed by atoms with van der Waals surface area (Å²) in [5, 5.41) is -0.435. The number of hydrogen-bond acceptors (Lipinski definition) is 4. The molecule has 0 aromatic heterocycles. The summed E-state index contributed by atoms with van der Waals surface area (Å²) in [5.74, 6) is -2.36. The Balaban J connectivity index is 3.02. The predicted octanol–water partition coefficient (Wildman–Crippen LogP) is 0.592. The zero-order valence-electron chi connectivity index (χ0n) is 10.3. The second-order valence-electron chi connectivity index (χ2n) is 3.93. The normalized spacial score (nSPS) is 15.2. The quantitative estimate of drug-likeness (QED) is 0.779. The standard InChI is InChI=1S/C10H14F2N2O3S2/c1-6(18(2)15)5-14-19(16,17)8-4-3-7(11)10(13)9(8)12/h3-4,6,14H,5,13H2,1-2H3. The molecule has 108 valence electrons. The van der Waals surface area contributed by atoms with Crippen molar-refractivity contribution in [2.24, 2.45) is 0 Å².